The van der Waals surface area contributed by atoms with Crippen molar-refractivity contribution < 1.29 is 19.1 Å². The van der Waals surface area contributed by atoms with E-state index >= 15 is 0 Å². The molecule has 0 heterocycles. The second-order valence-corrected chi connectivity index (χ2v) is 11.3. The number of amides is 2. The van der Waals surface area contributed by atoms with Crippen molar-refractivity contribution in [2.75, 3.05) is 13.1 Å². The van der Waals surface area contributed by atoms with E-state index in [9.17, 15) is 9.59 Å². The van der Waals surface area contributed by atoms with E-state index in [0.29, 0.717) is 37.0 Å². The Morgan fingerprint density at radius 1 is 0.647 bits per heavy atom. The number of carbonyl (C=O) groups is 2. The van der Waals surface area contributed by atoms with Crippen molar-refractivity contribution in [1.82, 2.24) is 10.6 Å². The van der Waals surface area contributed by atoms with Gasteiger partial charge in [-0.15, -0.1) is 24.8 Å². The molecule has 0 radical (unpaired) electrons. The van der Waals surface area contributed by atoms with Crippen molar-refractivity contribution in [3.8, 4) is 0 Å². The lowest BCUT2D eigenvalue weighted by molar-refractivity contribution is 0.0503. The van der Waals surface area contributed by atoms with Gasteiger partial charge in [-0.2, -0.15) is 0 Å². The molecular weight excluding hydrogens is 479 g/mol. The van der Waals surface area contributed by atoms with Crippen LogP contribution in [0.3, 0.4) is 0 Å². The molecule has 2 fully saturated rings. The molecule has 0 saturated heterocycles. The summed E-state index contributed by atoms with van der Waals surface area (Å²) >= 11 is 0. The minimum Gasteiger partial charge on any atom is -0.444 e. The van der Waals surface area contributed by atoms with Crippen molar-refractivity contribution in [2.45, 2.75) is 116 Å². The molecule has 0 unspecified atom stereocenters. The summed E-state index contributed by atoms with van der Waals surface area (Å²) in [5.74, 6) is 1.12. The first-order valence-electron chi connectivity index (χ1n) is 12.2. The minimum atomic E-state index is -0.418. The van der Waals surface area contributed by atoms with Crippen LogP contribution >= 0.6 is 24.8 Å². The van der Waals surface area contributed by atoms with Crippen LogP contribution in [-0.2, 0) is 9.47 Å². The summed E-state index contributed by atoms with van der Waals surface area (Å²) in [5.41, 5.74) is 10.8. The van der Waals surface area contributed by atoms with Gasteiger partial charge in [0.25, 0.3) is 0 Å². The molecule has 0 aromatic rings. The quantitative estimate of drug-likeness (QED) is 0.410. The van der Waals surface area contributed by atoms with Crippen molar-refractivity contribution >= 4 is 37.0 Å². The number of hydrogen-bond donors (Lipinski definition) is 4. The smallest absolute Gasteiger partial charge is 0.407 e. The molecule has 2 aliphatic carbocycles. The molecule has 2 rings (SSSR count). The predicted octanol–water partition coefficient (Wildman–Crippen LogP) is 4.90. The lowest BCUT2D eigenvalue weighted by Gasteiger charge is -2.26. The Morgan fingerprint density at radius 3 is 1.15 bits per heavy atom. The van der Waals surface area contributed by atoms with E-state index in [1.54, 1.807) is 0 Å². The fourth-order valence-corrected chi connectivity index (χ4v) is 3.87. The Kier molecular flexibility index (Phi) is 17.3. The van der Waals surface area contributed by atoms with Gasteiger partial charge >= 0.3 is 12.2 Å². The van der Waals surface area contributed by atoms with Gasteiger partial charge in [-0.25, -0.2) is 9.59 Å². The van der Waals surface area contributed by atoms with Crippen LogP contribution in [0.4, 0.5) is 9.59 Å². The number of nitrogens with one attached hydrogen (secondary N) is 2. The number of alkyl carbamates (subject to hydrolysis) is 2. The second kappa shape index (κ2) is 16.7. The van der Waals surface area contributed by atoms with Crippen molar-refractivity contribution in [3.05, 3.63) is 0 Å². The first-order valence-corrected chi connectivity index (χ1v) is 12.2. The molecule has 204 valence electrons. The molecule has 8 nitrogen and oxygen atoms in total. The molecule has 0 atom stereocenters. The zero-order valence-electron chi connectivity index (χ0n) is 22.0. The summed E-state index contributed by atoms with van der Waals surface area (Å²) in [7, 11) is 0. The van der Waals surface area contributed by atoms with Gasteiger partial charge in [-0.3, -0.25) is 0 Å². The summed E-state index contributed by atoms with van der Waals surface area (Å²) in [6, 6.07) is 0.718. The van der Waals surface area contributed by atoms with Crippen LogP contribution in [0, 0.1) is 11.8 Å². The lowest BCUT2D eigenvalue weighted by Crippen LogP contribution is -2.37. The Morgan fingerprint density at radius 2 is 0.912 bits per heavy atom. The van der Waals surface area contributed by atoms with Crippen LogP contribution in [0.1, 0.15) is 92.9 Å². The number of carbonyl (C=O) groups excluding carboxylic acids is 2. The van der Waals surface area contributed by atoms with Gasteiger partial charge < -0.3 is 31.6 Å². The molecule has 0 aromatic carbocycles. The highest BCUT2D eigenvalue weighted by molar-refractivity contribution is 5.85. The maximum atomic E-state index is 11.4. The molecule has 0 aliphatic heterocycles. The summed E-state index contributed by atoms with van der Waals surface area (Å²) in [4.78, 5) is 22.8. The van der Waals surface area contributed by atoms with Crippen LogP contribution < -0.4 is 22.1 Å². The van der Waals surface area contributed by atoms with Crippen molar-refractivity contribution in [2.24, 2.45) is 23.3 Å². The molecule has 10 heteroatoms. The molecule has 0 spiro atoms. The highest BCUT2D eigenvalue weighted by Gasteiger charge is 2.22. The van der Waals surface area contributed by atoms with Gasteiger partial charge in [0, 0.05) is 25.2 Å². The van der Waals surface area contributed by atoms with Gasteiger partial charge in [0.15, 0.2) is 0 Å². The number of hydrogen-bond acceptors (Lipinski definition) is 6. The number of nitrogens with two attached hydrogens (primary N) is 2. The normalized spacial score (nSPS) is 24.7. The predicted molar refractivity (Wildman–Crippen MR) is 143 cm³/mol. The zero-order chi connectivity index (χ0) is 24.4. The number of halogens is 2. The average Bonchev–Trinajstić information content (AvgIpc) is 2.65. The summed E-state index contributed by atoms with van der Waals surface area (Å²) in [6.45, 7) is 12.6. The minimum absolute atomic E-state index is 0. The van der Waals surface area contributed by atoms with Gasteiger partial charge in [0.1, 0.15) is 11.2 Å². The Balaban J connectivity index is 0. The van der Waals surface area contributed by atoms with Crippen LogP contribution in [0.25, 0.3) is 0 Å². The van der Waals surface area contributed by atoms with Crippen molar-refractivity contribution in [1.29, 1.82) is 0 Å². The van der Waals surface area contributed by atoms with E-state index < -0.39 is 11.2 Å². The van der Waals surface area contributed by atoms with E-state index in [1.165, 1.54) is 0 Å². The number of rotatable bonds is 4. The first kappa shape index (κ1) is 35.2. The van der Waals surface area contributed by atoms with Gasteiger partial charge in [-0.05, 0) is 105 Å². The first-order chi connectivity index (χ1) is 14.7. The molecule has 0 bridgehead atoms. The zero-order valence-corrected chi connectivity index (χ0v) is 23.6. The Bertz CT molecular complexity index is 516. The average molecular weight is 530 g/mol. The van der Waals surface area contributed by atoms with Crippen LogP contribution in [0.5, 0.6) is 0 Å². The maximum Gasteiger partial charge on any atom is 0.407 e. The van der Waals surface area contributed by atoms with Gasteiger partial charge in [-0.1, -0.05) is 0 Å². The third-order valence-corrected chi connectivity index (χ3v) is 5.65. The molecular formula is C24H50Cl2N4O4. The monoisotopic (exact) mass is 528 g/mol. The second-order valence-electron chi connectivity index (χ2n) is 11.3. The molecule has 6 N–H and O–H groups in total. The van der Waals surface area contributed by atoms with E-state index in [4.69, 9.17) is 20.9 Å². The Hall–Kier alpha value is -0.960. The van der Waals surface area contributed by atoms with Crippen molar-refractivity contribution in [3.63, 3.8) is 0 Å². The standard InChI is InChI=1S/2C12H24N2O2.2ClH/c2*1-12(2,3)16-11(15)14-8-9-4-6-10(13)7-5-9;;/h2*9-10H,4-8,13H2,1-3H3,(H,14,15);2*1H. The molecule has 34 heavy (non-hydrogen) atoms. The molecule has 2 amide bonds. The molecule has 2 saturated carbocycles. The van der Waals surface area contributed by atoms with Crippen LogP contribution in [0.15, 0.2) is 0 Å². The van der Waals surface area contributed by atoms with E-state index in [0.717, 1.165) is 51.4 Å². The highest BCUT2D eigenvalue weighted by Crippen LogP contribution is 2.23. The highest BCUT2D eigenvalue weighted by atomic mass is 35.5. The summed E-state index contributed by atoms with van der Waals surface area (Å²) in [5, 5.41) is 5.64. The summed E-state index contributed by atoms with van der Waals surface area (Å²) < 4.78 is 10.4. The Labute approximate surface area is 219 Å². The van der Waals surface area contributed by atoms with Crippen LogP contribution in [0.2, 0.25) is 0 Å². The maximum absolute atomic E-state index is 11.4. The van der Waals surface area contributed by atoms with E-state index in [2.05, 4.69) is 10.6 Å². The van der Waals surface area contributed by atoms with Gasteiger partial charge in [0.2, 0.25) is 0 Å². The van der Waals surface area contributed by atoms with Gasteiger partial charge in [0.05, 0.1) is 0 Å². The summed E-state index contributed by atoms with van der Waals surface area (Å²) in [6.07, 6.45) is 8.08. The van der Waals surface area contributed by atoms with E-state index in [1.807, 2.05) is 41.5 Å². The lowest BCUT2D eigenvalue weighted by atomic mass is 9.86. The molecule has 2 aliphatic rings. The van der Waals surface area contributed by atoms with Crippen LogP contribution in [-0.4, -0.2) is 48.6 Å². The largest absolute Gasteiger partial charge is 0.444 e. The topological polar surface area (TPSA) is 129 Å². The third-order valence-electron chi connectivity index (χ3n) is 5.65. The molecule has 0 aromatic heterocycles. The fourth-order valence-electron chi connectivity index (χ4n) is 3.87. The fraction of sp³-hybridized carbons (Fsp3) is 0.917. The SMILES string of the molecule is CC(C)(C)OC(=O)NCC1CCC(N)CC1.CC(C)(C)OC(=O)NCC1CCC(N)CC1.Cl.Cl. The van der Waals surface area contributed by atoms with E-state index in [-0.39, 0.29) is 37.0 Å². The third kappa shape index (κ3) is 18.4. The number of ether oxygens (including phenoxy) is 2.